The molecule has 0 aliphatic heterocycles. The van der Waals surface area contributed by atoms with E-state index in [1.807, 2.05) is 0 Å². The fraction of sp³-hybridized carbons (Fsp3) is 0.667. The average molecular weight is 651 g/mol. The van der Waals surface area contributed by atoms with E-state index in [1.165, 1.54) is 136 Å². The molecule has 266 valence electrons. The molecule has 2 aromatic carbocycles. The molecule has 4 unspecified atom stereocenters. The third-order valence-electron chi connectivity index (χ3n) is 11.2. The van der Waals surface area contributed by atoms with Crippen molar-refractivity contribution in [2.45, 2.75) is 184 Å². The summed E-state index contributed by atoms with van der Waals surface area (Å²) >= 11 is 0. The molecule has 0 fully saturated rings. The van der Waals surface area contributed by atoms with Gasteiger partial charge in [0.15, 0.2) is 0 Å². The van der Waals surface area contributed by atoms with E-state index in [4.69, 9.17) is 6.42 Å². The number of benzene rings is 2. The molecule has 0 amide bonds. The first kappa shape index (κ1) is 41.7. The Morgan fingerprint density at radius 3 is 1.25 bits per heavy atom. The minimum atomic E-state index is 0.673. The van der Waals surface area contributed by atoms with Crippen molar-refractivity contribution in [3.63, 3.8) is 0 Å². The zero-order valence-electron chi connectivity index (χ0n) is 32.9. The van der Waals surface area contributed by atoms with Gasteiger partial charge in [-0.15, -0.1) is 6.42 Å². The fourth-order valence-corrected chi connectivity index (χ4v) is 7.50. The van der Waals surface area contributed by atoms with E-state index in [1.54, 1.807) is 0 Å². The molecule has 2 aromatic rings. The fourth-order valence-electron chi connectivity index (χ4n) is 7.50. The van der Waals surface area contributed by atoms with E-state index in [0.29, 0.717) is 11.8 Å². The summed E-state index contributed by atoms with van der Waals surface area (Å²) in [5.41, 5.74) is 9.17. The zero-order valence-corrected chi connectivity index (χ0v) is 32.9. The van der Waals surface area contributed by atoms with Gasteiger partial charge in [-0.3, -0.25) is 0 Å². The lowest BCUT2D eigenvalue weighted by Gasteiger charge is -2.20. The molecule has 0 N–H and O–H groups in total. The molecule has 4 atom stereocenters. The highest BCUT2D eigenvalue weighted by molar-refractivity contribution is 5.55. The van der Waals surface area contributed by atoms with Gasteiger partial charge in [-0.2, -0.15) is 0 Å². The highest BCUT2D eigenvalue weighted by Gasteiger charge is 2.17. The quantitative estimate of drug-likeness (QED) is 0.0992. The normalized spacial score (nSPS) is 13.7. The first-order chi connectivity index (χ1) is 23.4. The van der Waals surface area contributed by atoms with Crippen LogP contribution in [-0.2, 0) is 25.7 Å². The predicted octanol–water partition coefficient (Wildman–Crippen LogP) is 14.1. The molecule has 0 saturated carbocycles. The highest BCUT2D eigenvalue weighted by Crippen LogP contribution is 2.28. The molecule has 0 aromatic heterocycles. The van der Waals surface area contributed by atoms with Gasteiger partial charge in [0.05, 0.1) is 0 Å². The smallest absolute Gasteiger partial charge is 0.0284 e. The van der Waals surface area contributed by atoms with Crippen LogP contribution in [0.3, 0.4) is 0 Å². The van der Waals surface area contributed by atoms with Crippen LogP contribution in [0.2, 0.25) is 0 Å². The van der Waals surface area contributed by atoms with Gasteiger partial charge in [-0.1, -0.05) is 188 Å². The van der Waals surface area contributed by atoms with Crippen molar-refractivity contribution in [1.29, 1.82) is 0 Å². The monoisotopic (exact) mass is 651 g/mol. The van der Waals surface area contributed by atoms with Gasteiger partial charge >= 0.3 is 0 Å². The van der Waals surface area contributed by atoms with Gasteiger partial charge in [0.1, 0.15) is 0 Å². The lowest BCUT2D eigenvalue weighted by molar-refractivity contribution is 0.446. The van der Waals surface area contributed by atoms with Crippen molar-refractivity contribution in [2.24, 2.45) is 23.7 Å². The van der Waals surface area contributed by atoms with Crippen molar-refractivity contribution in [1.82, 2.24) is 0 Å². The average Bonchev–Trinajstić information content (AvgIpc) is 3.11. The Hall–Kier alpha value is -2.44. The van der Waals surface area contributed by atoms with E-state index in [9.17, 15) is 0 Å². The Morgan fingerprint density at radius 2 is 0.833 bits per heavy atom. The molecule has 0 bridgehead atoms. The summed E-state index contributed by atoms with van der Waals surface area (Å²) in [5, 5.41) is 0. The number of hydrogen-bond donors (Lipinski definition) is 0. The number of hydrogen-bond acceptors (Lipinski definition) is 0. The topological polar surface area (TPSA) is 0 Å². The molecular formula is C48H74. The maximum atomic E-state index is 6.22. The number of terminal acetylenes is 1. The SMILES string of the molecule is C#Cc1cc(CC(CC)CCCC)c(C#Cc2cc(CC(CC)CCCC)ccc2CC(CC)CCCC)cc1CC(CC)CCCC. The van der Waals surface area contributed by atoms with Crippen LogP contribution in [0, 0.1) is 47.9 Å². The predicted molar refractivity (Wildman–Crippen MR) is 215 cm³/mol. The lowest BCUT2D eigenvalue weighted by Crippen LogP contribution is -2.09. The maximum absolute atomic E-state index is 6.22. The van der Waals surface area contributed by atoms with Crippen LogP contribution in [-0.4, -0.2) is 0 Å². The van der Waals surface area contributed by atoms with Gasteiger partial charge in [0, 0.05) is 16.7 Å². The van der Waals surface area contributed by atoms with Crippen molar-refractivity contribution < 1.29 is 0 Å². The Kier molecular flexibility index (Phi) is 21.4. The second kappa shape index (κ2) is 24.7. The summed E-state index contributed by atoms with van der Waals surface area (Å²) in [6.45, 7) is 18.7. The van der Waals surface area contributed by atoms with Crippen LogP contribution >= 0.6 is 0 Å². The molecule has 0 aliphatic carbocycles. The zero-order chi connectivity index (χ0) is 35.1. The lowest BCUT2D eigenvalue weighted by atomic mass is 9.84. The Morgan fingerprint density at radius 1 is 0.458 bits per heavy atom. The summed E-state index contributed by atoms with van der Waals surface area (Å²) in [6.07, 6.45) is 31.0. The van der Waals surface area contributed by atoms with Crippen molar-refractivity contribution in [3.05, 3.63) is 69.3 Å². The molecule has 0 radical (unpaired) electrons. The largest absolute Gasteiger partial charge is 0.115 e. The third kappa shape index (κ3) is 14.6. The molecule has 0 heterocycles. The Balaban J connectivity index is 2.68. The maximum Gasteiger partial charge on any atom is 0.0284 e. The van der Waals surface area contributed by atoms with Gasteiger partial charge in [-0.05, 0) is 89.8 Å². The summed E-state index contributed by atoms with van der Waals surface area (Å²) in [7, 11) is 0. The molecule has 0 heteroatoms. The third-order valence-corrected chi connectivity index (χ3v) is 11.2. The molecule has 0 nitrogen and oxygen atoms in total. The summed E-state index contributed by atoms with van der Waals surface area (Å²) in [5.74, 6) is 13.6. The van der Waals surface area contributed by atoms with Gasteiger partial charge in [-0.25, -0.2) is 0 Å². The first-order valence-electron chi connectivity index (χ1n) is 20.7. The molecule has 0 saturated heterocycles. The van der Waals surface area contributed by atoms with Crippen LogP contribution in [0.25, 0.3) is 0 Å². The molecule has 48 heavy (non-hydrogen) atoms. The first-order valence-corrected chi connectivity index (χ1v) is 20.7. The van der Waals surface area contributed by atoms with Crippen molar-refractivity contribution >= 4 is 0 Å². The molecule has 2 rings (SSSR count). The van der Waals surface area contributed by atoms with Crippen molar-refractivity contribution in [3.8, 4) is 24.2 Å². The van der Waals surface area contributed by atoms with E-state index < -0.39 is 0 Å². The van der Waals surface area contributed by atoms with Crippen molar-refractivity contribution in [2.75, 3.05) is 0 Å². The molecule has 0 spiro atoms. The van der Waals surface area contributed by atoms with Crippen LogP contribution in [0.1, 0.15) is 197 Å². The van der Waals surface area contributed by atoms with E-state index in [2.05, 4.69) is 103 Å². The number of rotatable bonds is 24. The van der Waals surface area contributed by atoms with Crippen LogP contribution in [0.5, 0.6) is 0 Å². The van der Waals surface area contributed by atoms with Gasteiger partial charge in [0.25, 0.3) is 0 Å². The summed E-state index contributed by atoms with van der Waals surface area (Å²) in [4.78, 5) is 0. The number of unbranched alkanes of at least 4 members (excludes halogenated alkanes) is 4. The standard InChI is InChI=1S/C48H74/c1-10-19-23-38(14-5)31-42-27-28-44(32-39(15-6)24-20-11-2)45(35-42)29-30-46-37-47(33-40(16-7)25-21-12-3)43(18-9)36-48(46)34-41(17-8)26-22-13-4/h9,27-28,35-41H,10-17,19-26,31-34H2,1-8H3. The van der Waals surface area contributed by atoms with E-state index in [0.717, 1.165) is 43.1 Å². The van der Waals surface area contributed by atoms with E-state index >= 15 is 0 Å². The van der Waals surface area contributed by atoms with E-state index in [-0.39, 0.29) is 0 Å². The second-order valence-corrected chi connectivity index (χ2v) is 15.0. The molecular weight excluding hydrogens is 577 g/mol. The summed E-state index contributed by atoms with van der Waals surface area (Å²) < 4.78 is 0. The molecule has 0 aliphatic rings. The van der Waals surface area contributed by atoms with Gasteiger partial charge < -0.3 is 0 Å². The van der Waals surface area contributed by atoms with Crippen LogP contribution in [0.4, 0.5) is 0 Å². The minimum Gasteiger partial charge on any atom is -0.115 e. The summed E-state index contributed by atoms with van der Waals surface area (Å²) in [6, 6.07) is 12.1. The van der Waals surface area contributed by atoms with Crippen LogP contribution in [0.15, 0.2) is 30.3 Å². The minimum absolute atomic E-state index is 0.673. The highest BCUT2D eigenvalue weighted by atomic mass is 14.2. The Bertz CT molecular complexity index is 1260. The second-order valence-electron chi connectivity index (χ2n) is 15.0. The van der Waals surface area contributed by atoms with Crippen LogP contribution < -0.4 is 0 Å². The Labute approximate surface area is 300 Å². The van der Waals surface area contributed by atoms with Gasteiger partial charge in [0.2, 0.25) is 0 Å².